The van der Waals surface area contributed by atoms with Gasteiger partial charge in [-0.2, -0.15) is 0 Å². The molecule has 0 bridgehead atoms. The zero-order valence-corrected chi connectivity index (χ0v) is 21.4. The van der Waals surface area contributed by atoms with Crippen LogP contribution in [0.1, 0.15) is 16.4 Å². The lowest BCUT2D eigenvalue weighted by Gasteiger charge is -2.17. The third kappa shape index (κ3) is 7.49. The van der Waals surface area contributed by atoms with Crippen molar-refractivity contribution in [1.82, 2.24) is 0 Å². The number of amides is 2. The van der Waals surface area contributed by atoms with Crippen molar-refractivity contribution in [3.05, 3.63) is 130 Å². The van der Waals surface area contributed by atoms with E-state index in [0.29, 0.717) is 21.4 Å². The molecule has 0 aromatic heterocycles. The molecule has 4 aromatic carbocycles. The third-order valence-corrected chi connectivity index (χ3v) is 6.78. The smallest absolute Gasteiger partial charge is 0.248 e. The second-order valence-corrected chi connectivity index (χ2v) is 9.86. The fourth-order valence-electron chi connectivity index (χ4n) is 3.41. The molecule has 0 aliphatic carbocycles. The maximum absolute atomic E-state index is 13.3. The number of carbonyl (C=O) groups excluding carboxylic acids is 2. The first kappa shape index (κ1) is 25.6. The third-order valence-electron chi connectivity index (χ3n) is 5.07. The molecule has 180 valence electrons. The van der Waals surface area contributed by atoms with Gasteiger partial charge in [-0.3, -0.25) is 9.59 Å². The average Bonchev–Trinajstić information content (AvgIpc) is 2.87. The molecule has 0 aliphatic rings. The zero-order valence-electron chi connectivity index (χ0n) is 19.0. The van der Waals surface area contributed by atoms with Gasteiger partial charge in [0.15, 0.2) is 0 Å². The van der Waals surface area contributed by atoms with Crippen molar-refractivity contribution in [3.63, 3.8) is 0 Å². The summed E-state index contributed by atoms with van der Waals surface area (Å²) >= 11 is 13.6. The van der Waals surface area contributed by atoms with E-state index in [0.717, 1.165) is 16.0 Å². The van der Waals surface area contributed by atoms with E-state index < -0.39 is 5.25 Å². The van der Waals surface area contributed by atoms with E-state index >= 15 is 0 Å². The molecule has 4 nitrogen and oxygen atoms in total. The number of halogens is 2. The van der Waals surface area contributed by atoms with Gasteiger partial charge in [0.25, 0.3) is 0 Å². The zero-order chi connectivity index (χ0) is 25.3. The van der Waals surface area contributed by atoms with Crippen LogP contribution in [0.25, 0.3) is 6.08 Å². The van der Waals surface area contributed by atoms with E-state index in [4.69, 9.17) is 23.2 Å². The summed E-state index contributed by atoms with van der Waals surface area (Å²) in [6, 6.07) is 31.4. The summed E-state index contributed by atoms with van der Waals surface area (Å²) in [6.07, 6.45) is 3.26. The molecule has 4 rings (SSSR count). The van der Waals surface area contributed by atoms with E-state index in [1.54, 1.807) is 24.3 Å². The van der Waals surface area contributed by atoms with Crippen LogP contribution in [0.4, 0.5) is 11.4 Å². The van der Waals surface area contributed by atoms with Crippen LogP contribution in [0.3, 0.4) is 0 Å². The highest BCUT2D eigenvalue weighted by Crippen LogP contribution is 2.37. The van der Waals surface area contributed by atoms with E-state index in [9.17, 15) is 9.59 Å². The lowest BCUT2D eigenvalue weighted by Crippen LogP contribution is -2.19. The fraction of sp³-hybridized carbons (Fsp3) is 0.0345. The Kier molecular flexibility index (Phi) is 8.85. The van der Waals surface area contributed by atoms with Gasteiger partial charge in [-0.1, -0.05) is 83.9 Å². The van der Waals surface area contributed by atoms with Crippen LogP contribution in [0.5, 0.6) is 0 Å². The second kappa shape index (κ2) is 12.5. The molecule has 0 heterocycles. The van der Waals surface area contributed by atoms with E-state index in [1.165, 1.54) is 17.8 Å². The van der Waals surface area contributed by atoms with Crippen molar-refractivity contribution >= 4 is 64.2 Å². The molecule has 2 amide bonds. The van der Waals surface area contributed by atoms with Crippen molar-refractivity contribution < 1.29 is 9.59 Å². The van der Waals surface area contributed by atoms with Crippen LogP contribution in [-0.4, -0.2) is 11.8 Å². The Balaban J connectivity index is 1.45. The van der Waals surface area contributed by atoms with Crippen molar-refractivity contribution in [3.8, 4) is 0 Å². The normalized spacial score (nSPS) is 11.7. The minimum absolute atomic E-state index is 0.201. The van der Waals surface area contributed by atoms with E-state index in [2.05, 4.69) is 10.6 Å². The van der Waals surface area contributed by atoms with Gasteiger partial charge in [0.2, 0.25) is 11.8 Å². The molecule has 0 fully saturated rings. The molecule has 1 atom stereocenters. The number of carbonyl (C=O) groups is 2. The monoisotopic (exact) mass is 532 g/mol. The van der Waals surface area contributed by atoms with Gasteiger partial charge in [0, 0.05) is 32.4 Å². The Morgan fingerprint density at radius 1 is 0.722 bits per heavy atom. The summed E-state index contributed by atoms with van der Waals surface area (Å²) in [6.45, 7) is 0. The van der Waals surface area contributed by atoms with Crippen LogP contribution in [-0.2, 0) is 9.59 Å². The van der Waals surface area contributed by atoms with E-state index in [1.807, 2.05) is 84.9 Å². The molecule has 0 radical (unpaired) electrons. The highest BCUT2D eigenvalue weighted by atomic mass is 35.5. The maximum atomic E-state index is 13.3. The van der Waals surface area contributed by atoms with E-state index in [-0.39, 0.29) is 11.8 Å². The Morgan fingerprint density at radius 3 is 1.97 bits per heavy atom. The van der Waals surface area contributed by atoms with Gasteiger partial charge in [0.1, 0.15) is 5.25 Å². The molecule has 0 saturated heterocycles. The molecule has 1 unspecified atom stereocenters. The number of hydrogen-bond acceptors (Lipinski definition) is 3. The molecule has 0 saturated carbocycles. The standard InChI is InChI=1S/C29H22Cl2N2O2S/c30-22-17-23(31)19-25(18-22)33-29(35)28(21-9-5-2-6-10-21)36-26-14-12-24(13-15-26)32-27(34)16-11-20-7-3-1-4-8-20/h1-19,28H,(H,32,34)(H,33,35)/b16-11+. The highest BCUT2D eigenvalue weighted by Gasteiger charge is 2.22. The van der Waals surface area contributed by atoms with Crippen molar-refractivity contribution in [2.24, 2.45) is 0 Å². The molecule has 4 aromatic rings. The minimum atomic E-state index is -0.516. The number of hydrogen-bond donors (Lipinski definition) is 2. The predicted molar refractivity (Wildman–Crippen MR) is 151 cm³/mol. The quantitative estimate of drug-likeness (QED) is 0.178. The van der Waals surface area contributed by atoms with Crippen LogP contribution >= 0.6 is 35.0 Å². The van der Waals surface area contributed by atoms with Crippen molar-refractivity contribution in [2.75, 3.05) is 10.6 Å². The Hall–Kier alpha value is -3.51. The van der Waals surface area contributed by atoms with Crippen molar-refractivity contribution in [2.45, 2.75) is 10.1 Å². The van der Waals surface area contributed by atoms with Gasteiger partial charge >= 0.3 is 0 Å². The van der Waals surface area contributed by atoms with Crippen LogP contribution in [0.2, 0.25) is 10.0 Å². The predicted octanol–water partition coefficient (Wildman–Crippen LogP) is 8.12. The SMILES string of the molecule is O=C(/C=C/c1ccccc1)Nc1ccc(SC(C(=O)Nc2cc(Cl)cc(Cl)c2)c2ccccc2)cc1. The van der Waals surface area contributed by atoms with Crippen molar-refractivity contribution in [1.29, 1.82) is 0 Å². The van der Waals surface area contributed by atoms with Crippen LogP contribution in [0.15, 0.2) is 114 Å². The minimum Gasteiger partial charge on any atom is -0.325 e. The Labute approximate surface area is 224 Å². The number of rotatable bonds is 8. The number of benzene rings is 4. The van der Waals surface area contributed by atoms with Gasteiger partial charge < -0.3 is 10.6 Å². The molecule has 7 heteroatoms. The summed E-state index contributed by atoms with van der Waals surface area (Å²) in [5.41, 5.74) is 3.00. The first-order valence-corrected chi connectivity index (χ1v) is 12.7. The summed E-state index contributed by atoms with van der Waals surface area (Å²) in [4.78, 5) is 26.4. The number of nitrogens with one attached hydrogen (secondary N) is 2. The Bertz CT molecular complexity index is 1340. The summed E-state index contributed by atoms with van der Waals surface area (Å²) in [5.74, 6) is -0.422. The molecular formula is C29H22Cl2N2O2S. The summed E-state index contributed by atoms with van der Waals surface area (Å²) < 4.78 is 0. The van der Waals surface area contributed by atoms with Crippen LogP contribution in [0, 0.1) is 0 Å². The molecular weight excluding hydrogens is 511 g/mol. The molecule has 2 N–H and O–H groups in total. The van der Waals surface area contributed by atoms with Gasteiger partial charge in [-0.15, -0.1) is 11.8 Å². The number of thioether (sulfide) groups is 1. The first-order chi connectivity index (χ1) is 17.5. The fourth-order valence-corrected chi connectivity index (χ4v) is 4.96. The second-order valence-electron chi connectivity index (χ2n) is 7.81. The molecule has 0 spiro atoms. The summed E-state index contributed by atoms with van der Waals surface area (Å²) in [5, 5.41) is 6.13. The lowest BCUT2D eigenvalue weighted by molar-refractivity contribution is -0.116. The molecule has 36 heavy (non-hydrogen) atoms. The van der Waals surface area contributed by atoms with Gasteiger partial charge in [0.05, 0.1) is 0 Å². The largest absolute Gasteiger partial charge is 0.325 e. The Morgan fingerprint density at radius 2 is 1.33 bits per heavy atom. The first-order valence-electron chi connectivity index (χ1n) is 11.1. The topological polar surface area (TPSA) is 58.2 Å². The van der Waals surface area contributed by atoms with Gasteiger partial charge in [-0.05, 0) is 59.7 Å². The summed E-state index contributed by atoms with van der Waals surface area (Å²) in [7, 11) is 0. The molecule has 0 aliphatic heterocycles. The van der Waals surface area contributed by atoms with Crippen LogP contribution < -0.4 is 10.6 Å². The maximum Gasteiger partial charge on any atom is 0.248 e. The number of anilines is 2. The average molecular weight is 533 g/mol. The lowest BCUT2D eigenvalue weighted by atomic mass is 10.1. The highest BCUT2D eigenvalue weighted by molar-refractivity contribution is 8.00. The van der Waals surface area contributed by atoms with Gasteiger partial charge in [-0.25, -0.2) is 0 Å².